The molecule has 0 saturated carbocycles. The minimum Gasteiger partial charge on any atom is -0.494 e. The smallest absolute Gasteiger partial charge is 0.255 e. The topological polar surface area (TPSA) is 87.7 Å². The van der Waals surface area contributed by atoms with Crippen molar-refractivity contribution in [1.82, 2.24) is 15.5 Å². The summed E-state index contributed by atoms with van der Waals surface area (Å²) in [5.41, 5.74) is 1.48. The second-order valence-corrected chi connectivity index (χ2v) is 6.88. The van der Waals surface area contributed by atoms with Gasteiger partial charge in [0.15, 0.2) is 0 Å². The van der Waals surface area contributed by atoms with E-state index in [1.54, 1.807) is 11.0 Å². The molecule has 4 rings (SSSR count). The minimum absolute atomic E-state index is 0.156. The van der Waals surface area contributed by atoms with E-state index in [4.69, 9.17) is 4.74 Å². The molecule has 3 aliphatic rings. The normalized spacial score (nSPS) is 23.3. The Bertz CT molecular complexity index is 729. The van der Waals surface area contributed by atoms with Crippen LogP contribution in [0.15, 0.2) is 18.2 Å². The monoisotopic (exact) mass is 343 g/mol. The number of carbonyl (C=O) groups is 3. The quantitative estimate of drug-likeness (QED) is 0.758. The number of amides is 3. The summed E-state index contributed by atoms with van der Waals surface area (Å²) in [7, 11) is 0. The van der Waals surface area contributed by atoms with Gasteiger partial charge in [0, 0.05) is 18.5 Å². The molecule has 7 heteroatoms. The molecule has 1 aromatic rings. The van der Waals surface area contributed by atoms with E-state index in [1.807, 2.05) is 12.1 Å². The molecule has 25 heavy (non-hydrogen) atoms. The largest absolute Gasteiger partial charge is 0.494 e. The van der Waals surface area contributed by atoms with Crippen LogP contribution in [-0.2, 0) is 16.1 Å². The zero-order valence-electron chi connectivity index (χ0n) is 13.9. The Labute approximate surface area is 145 Å². The molecular formula is C18H21N3O4. The highest BCUT2D eigenvalue weighted by molar-refractivity contribution is 6.05. The number of ether oxygens (including phenoxy) is 1. The number of carbonyl (C=O) groups excluding carboxylic acids is 3. The van der Waals surface area contributed by atoms with Crippen LogP contribution >= 0.6 is 0 Å². The molecule has 2 N–H and O–H groups in total. The lowest BCUT2D eigenvalue weighted by molar-refractivity contribution is -0.136. The Hall–Kier alpha value is -2.41. The van der Waals surface area contributed by atoms with Crippen LogP contribution in [0, 0.1) is 5.92 Å². The van der Waals surface area contributed by atoms with Crippen molar-refractivity contribution in [3.8, 4) is 5.75 Å². The average Bonchev–Trinajstić information content (AvgIpc) is 2.86. The summed E-state index contributed by atoms with van der Waals surface area (Å²) in [6, 6.07) is 4.89. The van der Waals surface area contributed by atoms with Crippen LogP contribution < -0.4 is 15.4 Å². The highest BCUT2D eigenvalue weighted by atomic mass is 16.5. The van der Waals surface area contributed by atoms with Crippen LogP contribution in [0.4, 0.5) is 0 Å². The molecule has 1 aromatic carbocycles. The molecule has 0 aliphatic carbocycles. The van der Waals surface area contributed by atoms with Gasteiger partial charge in [-0.1, -0.05) is 0 Å². The number of imide groups is 1. The van der Waals surface area contributed by atoms with Crippen molar-refractivity contribution < 1.29 is 19.1 Å². The number of benzene rings is 1. The molecule has 1 atom stereocenters. The highest BCUT2D eigenvalue weighted by Gasteiger charge is 2.39. The maximum atomic E-state index is 12.6. The Morgan fingerprint density at radius 3 is 2.76 bits per heavy atom. The van der Waals surface area contributed by atoms with Crippen molar-refractivity contribution >= 4 is 17.7 Å². The Balaban J connectivity index is 1.41. The van der Waals surface area contributed by atoms with Crippen LogP contribution in [0.1, 0.15) is 35.2 Å². The minimum atomic E-state index is -0.576. The maximum absolute atomic E-state index is 12.6. The molecule has 0 aromatic heterocycles. The molecule has 7 nitrogen and oxygen atoms in total. The van der Waals surface area contributed by atoms with Gasteiger partial charge in [0.05, 0.1) is 6.61 Å². The van der Waals surface area contributed by atoms with Gasteiger partial charge < -0.3 is 15.0 Å². The Kier molecular flexibility index (Phi) is 4.17. The van der Waals surface area contributed by atoms with Crippen molar-refractivity contribution in [2.75, 3.05) is 19.7 Å². The predicted molar refractivity (Wildman–Crippen MR) is 89.0 cm³/mol. The first-order valence-electron chi connectivity index (χ1n) is 8.73. The summed E-state index contributed by atoms with van der Waals surface area (Å²) in [6.45, 7) is 3.16. The van der Waals surface area contributed by atoms with E-state index < -0.39 is 6.04 Å². The van der Waals surface area contributed by atoms with E-state index in [0.717, 1.165) is 30.8 Å². The lowest BCUT2D eigenvalue weighted by Gasteiger charge is -2.29. The van der Waals surface area contributed by atoms with Crippen LogP contribution in [0.3, 0.4) is 0 Å². The van der Waals surface area contributed by atoms with Crippen molar-refractivity contribution in [2.24, 2.45) is 5.92 Å². The number of nitrogens with one attached hydrogen (secondary N) is 2. The van der Waals surface area contributed by atoms with Gasteiger partial charge in [-0.3, -0.25) is 19.7 Å². The van der Waals surface area contributed by atoms with Crippen molar-refractivity contribution in [3.05, 3.63) is 29.3 Å². The second kappa shape index (κ2) is 6.48. The first-order valence-corrected chi connectivity index (χ1v) is 8.73. The third-order valence-electron chi connectivity index (χ3n) is 5.16. The van der Waals surface area contributed by atoms with Gasteiger partial charge in [0.1, 0.15) is 11.8 Å². The van der Waals surface area contributed by atoms with Crippen LogP contribution in [0.2, 0.25) is 0 Å². The lowest BCUT2D eigenvalue weighted by atomic mass is 10.0. The molecule has 0 spiro atoms. The van der Waals surface area contributed by atoms with E-state index in [-0.39, 0.29) is 24.1 Å². The van der Waals surface area contributed by atoms with E-state index >= 15 is 0 Å². The third kappa shape index (κ3) is 3.11. The Morgan fingerprint density at radius 2 is 2.04 bits per heavy atom. The molecule has 3 heterocycles. The number of hydrogen-bond acceptors (Lipinski definition) is 5. The predicted octanol–water partition coefficient (Wildman–Crippen LogP) is 0.436. The van der Waals surface area contributed by atoms with Crippen molar-refractivity contribution in [3.63, 3.8) is 0 Å². The molecule has 3 aliphatic heterocycles. The molecule has 0 bridgehead atoms. The first-order chi connectivity index (χ1) is 12.1. The fraction of sp³-hybridized carbons (Fsp3) is 0.500. The fourth-order valence-corrected chi connectivity index (χ4v) is 3.54. The Morgan fingerprint density at radius 1 is 1.20 bits per heavy atom. The molecule has 132 valence electrons. The summed E-state index contributed by atoms with van der Waals surface area (Å²) in [5, 5.41) is 5.55. The van der Waals surface area contributed by atoms with Gasteiger partial charge >= 0.3 is 0 Å². The number of nitrogens with zero attached hydrogens (tertiary/aromatic N) is 1. The number of hydrogen-bond donors (Lipinski definition) is 2. The van der Waals surface area contributed by atoms with E-state index in [9.17, 15) is 14.4 Å². The SMILES string of the molecule is O=C1CCC(N2Cc3cc(OCCC4CNC4)ccc3C2=O)C(=O)N1. The van der Waals surface area contributed by atoms with Gasteiger partial charge in [0.2, 0.25) is 11.8 Å². The highest BCUT2D eigenvalue weighted by Crippen LogP contribution is 2.30. The van der Waals surface area contributed by atoms with Crippen LogP contribution in [-0.4, -0.2) is 48.4 Å². The van der Waals surface area contributed by atoms with Gasteiger partial charge in [-0.15, -0.1) is 0 Å². The van der Waals surface area contributed by atoms with E-state index in [2.05, 4.69) is 10.6 Å². The molecule has 1 unspecified atom stereocenters. The first kappa shape index (κ1) is 16.1. The standard InChI is InChI=1S/C18H21N3O4/c22-16-4-3-15(17(23)20-16)21-10-12-7-13(1-2-14(12)18(21)24)25-6-5-11-8-19-9-11/h1-2,7,11,15,19H,3-6,8-10H2,(H,20,22,23). The molecular weight excluding hydrogens is 322 g/mol. The third-order valence-corrected chi connectivity index (χ3v) is 5.16. The lowest BCUT2D eigenvalue weighted by Crippen LogP contribution is -2.52. The number of fused-ring (bicyclic) bond motifs is 1. The van der Waals surface area contributed by atoms with Gasteiger partial charge in [-0.25, -0.2) is 0 Å². The summed E-state index contributed by atoms with van der Waals surface area (Å²) in [4.78, 5) is 37.5. The fourth-order valence-electron chi connectivity index (χ4n) is 3.54. The van der Waals surface area contributed by atoms with Crippen molar-refractivity contribution in [2.45, 2.75) is 31.8 Å². The van der Waals surface area contributed by atoms with Gasteiger partial charge in [-0.2, -0.15) is 0 Å². The average molecular weight is 343 g/mol. The zero-order valence-corrected chi connectivity index (χ0v) is 13.9. The maximum Gasteiger partial charge on any atom is 0.255 e. The van der Waals surface area contributed by atoms with E-state index in [0.29, 0.717) is 31.1 Å². The van der Waals surface area contributed by atoms with Crippen LogP contribution in [0.5, 0.6) is 5.75 Å². The summed E-state index contributed by atoms with van der Waals surface area (Å²) in [5.74, 6) is 0.630. The van der Waals surface area contributed by atoms with Crippen molar-refractivity contribution in [1.29, 1.82) is 0 Å². The molecule has 2 fully saturated rings. The number of rotatable bonds is 5. The number of piperidine rings is 1. The summed E-state index contributed by atoms with van der Waals surface area (Å²) >= 11 is 0. The molecule has 3 amide bonds. The summed E-state index contributed by atoms with van der Waals surface area (Å²) in [6.07, 6.45) is 1.66. The van der Waals surface area contributed by atoms with E-state index in [1.165, 1.54) is 0 Å². The van der Waals surface area contributed by atoms with Gasteiger partial charge in [-0.05, 0) is 55.6 Å². The molecule has 0 radical (unpaired) electrons. The molecule has 2 saturated heterocycles. The van der Waals surface area contributed by atoms with Gasteiger partial charge in [0.25, 0.3) is 5.91 Å². The zero-order chi connectivity index (χ0) is 17.4. The second-order valence-electron chi connectivity index (χ2n) is 6.88. The summed E-state index contributed by atoms with van der Waals surface area (Å²) < 4.78 is 5.81. The van der Waals surface area contributed by atoms with Crippen LogP contribution in [0.25, 0.3) is 0 Å².